The van der Waals surface area contributed by atoms with Crippen LogP contribution in [0.15, 0.2) is 40.8 Å². The van der Waals surface area contributed by atoms with Crippen LogP contribution in [0.3, 0.4) is 0 Å². The number of oxazole rings is 1. The first-order chi connectivity index (χ1) is 12.0. The third-order valence-corrected chi connectivity index (χ3v) is 4.14. The van der Waals surface area contributed by atoms with Crippen LogP contribution in [-0.4, -0.2) is 16.0 Å². The zero-order valence-electron chi connectivity index (χ0n) is 13.7. The topological polar surface area (TPSA) is 67.2 Å². The standard InChI is InChI=1S/C18H16ClN3O2S/c1-3-11-4-7-16-15(8-11)22-17(24-16)13-9-12(5-6-14(13)19)21-18(25)20-10(2)23/h4-9H,3H2,1-2H3,(H2,20,21,23,25). The number of hydrogen-bond donors (Lipinski definition) is 2. The lowest BCUT2D eigenvalue weighted by Gasteiger charge is -2.09. The third-order valence-electron chi connectivity index (χ3n) is 3.60. The summed E-state index contributed by atoms with van der Waals surface area (Å²) < 4.78 is 5.83. The molecule has 1 amide bonds. The maximum absolute atomic E-state index is 11.1. The fourth-order valence-electron chi connectivity index (χ4n) is 2.40. The van der Waals surface area contributed by atoms with Crippen LogP contribution in [0.2, 0.25) is 5.02 Å². The predicted molar refractivity (Wildman–Crippen MR) is 104 cm³/mol. The van der Waals surface area contributed by atoms with Gasteiger partial charge in [-0.15, -0.1) is 0 Å². The maximum Gasteiger partial charge on any atom is 0.228 e. The molecule has 25 heavy (non-hydrogen) atoms. The molecule has 0 bridgehead atoms. The first kappa shape index (κ1) is 17.4. The summed E-state index contributed by atoms with van der Waals surface area (Å²) in [5, 5.41) is 6.17. The lowest BCUT2D eigenvalue weighted by Crippen LogP contribution is -2.32. The monoisotopic (exact) mass is 373 g/mol. The first-order valence-corrected chi connectivity index (χ1v) is 8.53. The van der Waals surface area contributed by atoms with E-state index in [1.54, 1.807) is 18.2 Å². The maximum atomic E-state index is 11.1. The Kier molecular flexibility index (Phi) is 5.01. The number of nitrogens with one attached hydrogen (secondary N) is 2. The fourth-order valence-corrected chi connectivity index (χ4v) is 2.86. The SMILES string of the molecule is CCc1ccc2oc(-c3cc(NC(=S)NC(C)=O)ccc3Cl)nc2c1. The predicted octanol–water partition coefficient (Wildman–Crippen LogP) is 4.54. The van der Waals surface area contributed by atoms with Crippen molar-refractivity contribution in [3.63, 3.8) is 0 Å². The molecule has 0 aliphatic heterocycles. The van der Waals surface area contributed by atoms with Crippen LogP contribution in [0.1, 0.15) is 19.4 Å². The van der Waals surface area contributed by atoms with Crippen LogP contribution in [-0.2, 0) is 11.2 Å². The minimum Gasteiger partial charge on any atom is -0.436 e. The van der Waals surface area contributed by atoms with E-state index in [0.29, 0.717) is 27.7 Å². The smallest absolute Gasteiger partial charge is 0.228 e. The molecule has 3 aromatic rings. The van der Waals surface area contributed by atoms with Crippen LogP contribution in [0.4, 0.5) is 5.69 Å². The number of fused-ring (bicyclic) bond motifs is 1. The molecule has 7 heteroatoms. The van der Waals surface area contributed by atoms with Gasteiger partial charge in [0.2, 0.25) is 11.8 Å². The lowest BCUT2D eigenvalue weighted by molar-refractivity contribution is -0.117. The van der Waals surface area contributed by atoms with Crippen molar-refractivity contribution in [2.45, 2.75) is 20.3 Å². The lowest BCUT2D eigenvalue weighted by atomic mass is 10.1. The minimum atomic E-state index is -0.239. The Hall–Kier alpha value is -2.44. The van der Waals surface area contributed by atoms with Gasteiger partial charge < -0.3 is 15.1 Å². The first-order valence-electron chi connectivity index (χ1n) is 7.74. The molecule has 0 saturated heterocycles. The van der Waals surface area contributed by atoms with Gasteiger partial charge >= 0.3 is 0 Å². The van der Waals surface area contributed by atoms with Crippen molar-refractivity contribution in [2.75, 3.05) is 5.32 Å². The molecule has 0 aliphatic rings. The summed E-state index contributed by atoms with van der Waals surface area (Å²) in [4.78, 5) is 15.6. The van der Waals surface area contributed by atoms with E-state index in [1.807, 2.05) is 18.2 Å². The second-order valence-electron chi connectivity index (χ2n) is 5.50. The van der Waals surface area contributed by atoms with E-state index >= 15 is 0 Å². The molecule has 3 rings (SSSR count). The van der Waals surface area contributed by atoms with E-state index in [9.17, 15) is 4.79 Å². The van der Waals surface area contributed by atoms with Gasteiger partial charge in [0.05, 0.1) is 10.6 Å². The number of benzene rings is 2. The number of rotatable bonds is 3. The highest BCUT2D eigenvalue weighted by molar-refractivity contribution is 7.80. The fraction of sp³-hybridized carbons (Fsp3) is 0.167. The molecule has 0 atom stereocenters. The van der Waals surface area contributed by atoms with Crippen LogP contribution in [0, 0.1) is 0 Å². The normalized spacial score (nSPS) is 10.7. The van der Waals surface area contributed by atoms with Crippen molar-refractivity contribution < 1.29 is 9.21 Å². The second kappa shape index (κ2) is 7.21. The molecule has 128 valence electrons. The largest absolute Gasteiger partial charge is 0.436 e. The minimum absolute atomic E-state index is 0.214. The van der Waals surface area contributed by atoms with E-state index in [-0.39, 0.29) is 11.0 Å². The van der Waals surface area contributed by atoms with Crippen LogP contribution < -0.4 is 10.6 Å². The molecule has 1 heterocycles. The van der Waals surface area contributed by atoms with Crippen molar-refractivity contribution in [3.05, 3.63) is 47.0 Å². The van der Waals surface area contributed by atoms with Gasteiger partial charge in [-0.05, 0) is 54.5 Å². The highest BCUT2D eigenvalue weighted by atomic mass is 35.5. The number of hydrogen-bond acceptors (Lipinski definition) is 4. The Balaban J connectivity index is 1.95. The number of anilines is 1. The van der Waals surface area contributed by atoms with Crippen molar-refractivity contribution in [1.82, 2.24) is 10.3 Å². The molecule has 1 aromatic heterocycles. The molecule has 0 saturated carbocycles. The second-order valence-corrected chi connectivity index (χ2v) is 6.32. The molecular weight excluding hydrogens is 358 g/mol. The number of halogens is 1. The average Bonchev–Trinajstić information content (AvgIpc) is 2.98. The van der Waals surface area contributed by atoms with Crippen molar-refractivity contribution in [2.24, 2.45) is 0 Å². The summed E-state index contributed by atoms with van der Waals surface area (Å²) in [7, 11) is 0. The summed E-state index contributed by atoms with van der Waals surface area (Å²) in [5.74, 6) is 0.194. The zero-order valence-corrected chi connectivity index (χ0v) is 15.3. The molecular formula is C18H16ClN3O2S. The van der Waals surface area contributed by atoms with Gasteiger partial charge in [0.15, 0.2) is 10.7 Å². The van der Waals surface area contributed by atoms with Gasteiger partial charge in [0.25, 0.3) is 0 Å². The Morgan fingerprint density at radius 1 is 1.28 bits per heavy atom. The van der Waals surface area contributed by atoms with Crippen molar-refractivity contribution in [3.8, 4) is 11.5 Å². The molecule has 2 aromatic carbocycles. The van der Waals surface area contributed by atoms with E-state index in [0.717, 1.165) is 11.9 Å². The van der Waals surface area contributed by atoms with Gasteiger partial charge in [0.1, 0.15) is 5.52 Å². The molecule has 0 spiro atoms. The number of nitrogens with zero attached hydrogens (tertiary/aromatic N) is 1. The average molecular weight is 374 g/mol. The number of carbonyl (C=O) groups excluding carboxylic acids is 1. The Labute approximate surface area is 155 Å². The summed E-state index contributed by atoms with van der Waals surface area (Å²) in [6.45, 7) is 3.48. The highest BCUT2D eigenvalue weighted by Gasteiger charge is 2.13. The van der Waals surface area contributed by atoms with Gasteiger partial charge in [-0.1, -0.05) is 24.6 Å². The number of amides is 1. The Bertz CT molecular complexity index is 968. The summed E-state index contributed by atoms with van der Waals surface area (Å²) in [5.41, 5.74) is 4.00. The number of aryl methyl sites for hydroxylation is 1. The highest BCUT2D eigenvalue weighted by Crippen LogP contribution is 2.32. The molecule has 5 nitrogen and oxygen atoms in total. The summed E-state index contributed by atoms with van der Waals surface area (Å²) in [6.07, 6.45) is 0.929. The third kappa shape index (κ3) is 3.97. The van der Waals surface area contributed by atoms with E-state index < -0.39 is 0 Å². The molecule has 0 aliphatic carbocycles. The van der Waals surface area contributed by atoms with E-state index in [1.165, 1.54) is 12.5 Å². The summed E-state index contributed by atoms with van der Waals surface area (Å²) in [6, 6.07) is 11.2. The Morgan fingerprint density at radius 2 is 2.08 bits per heavy atom. The molecule has 2 N–H and O–H groups in total. The number of thiocarbonyl (C=S) groups is 1. The summed E-state index contributed by atoms with van der Waals surface area (Å²) >= 11 is 11.4. The van der Waals surface area contributed by atoms with Crippen LogP contribution in [0.25, 0.3) is 22.6 Å². The zero-order chi connectivity index (χ0) is 18.0. The van der Waals surface area contributed by atoms with Gasteiger partial charge in [-0.3, -0.25) is 4.79 Å². The van der Waals surface area contributed by atoms with Crippen molar-refractivity contribution in [1.29, 1.82) is 0 Å². The van der Waals surface area contributed by atoms with E-state index in [2.05, 4.69) is 22.5 Å². The molecule has 0 unspecified atom stereocenters. The number of carbonyl (C=O) groups is 1. The van der Waals surface area contributed by atoms with Gasteiger partial charge in [-0.2, -0.15) is 0 Å². The molecule has 0 fully saturated rings. The Morgan fingerprint density at radius 3 is 2.80 bits per heavy atom. The van der Waals surface area contributed by atoms with E-state index in [4.69, 9.17) is 28.2 Å². The van der Waals surface area contributed by atoms with Crippen LogP contribution in [0.5, 0.6) is 0 Å². The number of aromatic nitrogens is 1. The van der Waals surface area contributed by atoms with Crippen LogP contribution >= 0.6 is 23.8 Å². The van der Waals surface area contributed by atoms with Gasteiger partial charge in [-0.25, -0.2) is 4.98 Å². The quantitative estimate of drug-likeness (QED) is 0.659. The van der Waals surface area contributed by atoms with Crippen molar-refractivity contribution >= 4 is 51.6 Å². The molecule has 0 radical (unpaired) electrons. The van der Waals surface area contributed by atoms with Gasteiger partial charge in [0, 0.05) is 12.6 Å².